The molecule has 6 rings (SSSR count). The number of para-hydroxylation sites is 1. The number of hydrogen-bond donors (Lipinski definition) is 1. The van der Waals surface area contributed by atoms with Crippen molar-refractivity contribution < 1.29 is 24.2 Å². The quantitative estimate of drug-likeness (QED) is 0.378. The molecule has 9 nitrogen and oxygen atoms in total. The zero-order valence-corrected chi connectivity index (χ0v) is 20.2. The molecule has 0 saturated heterocycles. The monoisotopic (exact) mass is 497 g/mol. The molecular weight excluding hydrogens is 474 g/mol. The van der Waals surface area contributed by atoms with Crippen LogP contribution in [0.1, 0.15) is 30.0 Å². The second kappa shape index (κ2) is 8.28. The Hall–Kier alpha value is -4.50. The molecule has 2 aromatic carbocycles. The van der Waals surface area contributed by atoms with E-state index >= 15 is 0 Å². The number of carbonyl (C=O) groups excluding carboxylic acids is 2. The van der Waals surface area contributed by atoms with Crippen LogP contribution in [0.2, 0.25) is 0 Å². The van der Waals surface area contributed by atoms with Crippen molar-refractivity contribution in [2.24, 2.45) is 0 Å². The molecular formula is C28H23N3O6. The fourth-order valence-electron chi connectivity index (χ4n) is 4.95. The molecule has 4 aromatic rings. The van der Waals surface area contributed by atoms with Gasteiger partial charge in [-0.2, -0.15) is 0 Å². The van der Waals surface area contributed by atoms with Gasteiger partial charge in [-0.05, 0) is 48.9 Å². The van der Waals surface area contributed by atoms with E-state index in [1.54, 1.807) is 42.8 Å². The smallest absolute Gasteiger partial charge is 0.419 e. The first-order chi connectivity index (χ1) is 17.8. The normalized spacial score (nSPS) is 17.5. The van der Waals surface area contributed by atoms with Crippen molar-refractivity contribution in [2.75, 3.05) is 11.9 Å². The van der Waals surface area contributed by atoms with Crippen LogP contribution in [0.15, 0.2) is 65.5 Å². The van der Waals surface area contributed by atoms with E-state index in [-0.39, 0.29) is 29.7 Å². The van der Waals surface area contributed by atoms with E-state index in [4.69, 9.17) is 14.5 Å². The maximum absolute atomic E-state index is 13.3. The predicted octanol–water partition coefficient (Wildman–Crippen LogP) is 3.71. The van der Waals surface area contributed by atoms with Gasteiger partial charge >= 0.3 is 12.1 Å². The van der Waals surface area contributed by atoms with Gasteiger partial charge in [-0.1, -0.05) is 25.1 Å². The number of hydrogen-bond acceptors (Lipinski definition) is 7. The summed E-state index contributed by atoms with van der Waals surface area (Å²) in [5.41, 5.74) is 1.70. The van der Waals surface area contributed by atoms with Crippen molar-refractivity contribution in [3.05, 3.63) is 87.7 Å². The molecule has 186 valence electrons. The minimum absolute atomic E-state index is 0.0840. The van der Waals surface area contributed by atoms with Gasteiger partial charge in [0, 0.05) is 29.2 Å². The number of anilines is 1. The van der Waals surface area contributed by atoms with Gasteiger partial charge in [0.25, 0.3) is 5.56 Å². The molecule has 37 heavy (non-hydrogen) atoms. The lowest BCUT2D eigenvalue weighted by atomic mass is 9.86. The first-order valence-corrected chi connectivity index (χ1v) is 11.9. The van der Waals surface area contributed by atoms with Crippen LogP contribution in [0.5, 0.6) is 5.75 Å². The molecule has 2 aliphatic rings. The predicted molar refractivity (Wildman–Crippen MR) is 135 cm³/mol. The lowest BCUT2D eigenvalue weighted by Gasteiger charge is -2.31. The third-order valence-corrected chi connectivity index (χ3v) is 7.10. The van der Waals surface area contributed by atoms with E-state index in [9.17, 15) is 19.5 Å². The molecule has 0 radical (unpaired) electrons. The summed E-state index contributed by atoms with van der Waals surface area (Å²) in [4.78, 5) is 44.5. The summed E-state index contributed by atoms with van der Waals surface area (Å²) in [5, 5.41) is 11.8. The Morgan fingerprint density at radius 2 is 1.95 bits per heavy atom. The number of cyclic esters (lactones) is 1. The van der Waals surface area contributed by atoms with Gasteiger partial charge in [0.15, 0.2) is 5.60 Å². The van der Waals surface area contributed by atoms with Crippen LogP contribution in [-0.4, -0.2) is 33.8 Å². The number of esters is 1. The van der Waals surface area contributed by atoms with Gasteiger partial charge in [0.05, 0.1) is 29.0 Å². The number of fused-ring (bicyclic) bond motifs is 5. The standard InChI is InChI=1S/C28H23N3O6/c1-3-28(35)21-13-23-24-17(14-31(23)25(32)20(21)15-36-26(28)33)11-16-12-19(9-10-22(16)29-24)37-27(34)30(2)18-7-5-4-6-8-18/h4-13,35H,3,14-15H2,1-2H3/t28-/m0/s1. The Morgan fingerprint density at radius 1 is 1.16 bits per heavy atom. The average Bonchev–Trinajstić information content (AvgIpc) is 3.27. The molecule has 4 heterocycles. The molecule has 0 spiro atoms. The summed E-state index contributed by atoms with van der Waals surface area (Å²) in [7, 11) is 1.64. The SMILES string of the molecule is CC[C@@]1(O)C(=O)OCc2c1cc1n(c2=O)Cc2cc3cc(OC(=O)N(C)c4ccccc4)ccc3nc2-1. The number of amides is 1. The van der Waals surface area contributed by atoms with Gasteiger partial charge in [-0.3, -0.25) is 9.69 Å². The third kappa shape index (κ3) is 3.50. The zero-order valence-electron chi connectivity index (χ0n) is 20.2. The average molecular weight is 498 g/mol. The van der Waals surface area contributed by atoms with Crippen molar-refractivity contribution in [1.29, 1.82) is 0 Å². The fourth-order valence-corrected chi connectivity index (χ4v) is 4.95. The Morgan fingerprint density at radius 3 is 2.70 bits per heavy atom. The molecule has 0 unspecified atom stereocenters. The summed E-state index contributed by atoms with van der Waals surface area (Å²) in [5.74, 6) is -0.384. The van der Waals surface area contributed by atoms with Crippen LogP contribution in [0.25, 0.3) is 22.3 Å². The second-order valence-electron chi connectivity index (χ2n) is 9.22. The second-order valence-corrected chi connectivity index (χ2v) is 9.22. The van der Waals surface area contributed by atoms with Gasteiger partial charge in [-0.25, -0.2) is 14.6 Å². The molecule has 0 aliphatic carbocycles. The summed E-state index contributed by atoms with van der Waals surface area (Å²) in [6.07, 6.45) is -0.440. The lowest BCUT2D eigenvalue weighted by molar-refractivity contribution is -0.172. The van der Waals surface area contributed by atoms with Crippen molar-refractivity contribution >= 4 is 28.7 Å². The summed E-state index contributed by atoms with van der Waals surface area (Å²) < 4.78 is 12.3. The van der Waals surface area contributed by atoms with Gasteiger partial charge in [0.1, 0.15) is 12.4 Å². The lowest BCUT2D eigenvalue weighted by Crippen LogP contribution is -2.44. The van der Waals surface area contributed by atoms with Crippen molar-refractivity contribution in [3.63, 3.8) is 0 Å². The van der Waals surface area contributed by atoms with E-state index in [1.165, 1.54) is 4.90 Å². The Bertz CT molecular complexity index is 1660. The highest BCUT2D eigenvalue weighted by Gasteiger charge is 2.45. The van der Waals surface area contributed by atoms with Crippen LogP contribution in [-0.2, 0) is 28.3 Å². The van der Waals surface area contributed by atoms with Crippen LogP contribution in [0.3, 0.4) is 0 Å². The number of benzene rings is 2. The van der Waals surface area contributed by atoms with Crippen molar-refractivity contribution in [1.82, 2.24) is 9.55 Å². The number of nitrogens with zero attached hydrogens (tertiary/aromatic N) is 3. The van der Waals surface area contributed by atoms with Crippen LogP contribution < -0.4 is 15.2 Å². The van der Waals surface area contributed by atoms with Crippen LogP contribution in [0.4, 0.5) is 10.5 Å². The number of aliphatic hydroxyl groups is 1. The molecule has 0 fully saturated rings. The Balaban J connectivity index is 1.36. The first kappa shape index (κ1) is 22.9. The summed E-state index contributed by atoms with van der Waals surface area (Å²) in [6.45, 7) is 1.79. The molecule has 1 N–H and O–H groups in total. The molecule has 1 amide bonds. The van der Waals surface area contributed by atoms with E-state index in [0.717, 1.165) is 10.9 Å². The highest BCUT2D eigenvalue weighted by molar-refractivity contribution is 5.90. The van der Waals surface area contributed by atoms with E-state index in [0.29, 0.717) is 34.9 Å². The topological polar surface area (TPSA) is 111 Å². The van der Waals surface area contributed by atoms with Crippen molar-refractivity contribution in [3.8, 4) is 17.1 Å². The molecule has 1 atom stereocenters. The number of pyridine rings is 2. The number of ether oxygens (including phenoxy) is 2. The fraction of sp³-hybridized carbons (Fsp3) is 0.214. The maximum atomic E-state index is 13.3. The van der Waals surface area contributed by atoms with Crippen LogP contribution in [0, 0.1) is 0 Å². The van der Waals surface area contributed by atoms with Gasteiger partial charge in [-0.15, -0.1) is 0 Å². The Labute approximate surface area is 211 Å². The molecule has 2 aromatic heterocycles. The molecule has 0 bridgehead atoms. The van der Waals surface area contributed by atoms with E-state index < -0.39 is 17.7 Å². The molecule has 9 heteroatoms. The minimum Gasteiger partial charge on any atom is -0.458 e. The minimum atomic E-state index is -1.87. The van der Waals surface area contributed by atoms with Crippen LogP contribution >= 0.6 is 0 Å². The number of aromatic nitrogens is 2. The van der Waals surface area contributed by atoms with Gasteiger partial charge < -0.3 is 19.1 Å². The summed E-state index contributed by atoms with van der Waals surface area (Å²) >= 11 is 0. The highest BCUT2D eigenvalue weighted by atomic mass is 16.6. The third-order valence-electron chi connectivity index (χ3n) is 7.10. The van der Waals surface area contributed by atoms with E-state index in [1.807, 2.05) is 36.4 Å². The Kier molecular flexibility index (Phi) is 5.13. The van der Waals surface area contributed by atoms with Crippen molar-refractivity contribution in [2.45, 2.75) is 32.1 Å². The largest absolute Gasteiger partial charge is 0.458 e. The number of rotatable bonds is 3. The molecule has 2 aliphatic heterocycles. The summed E-state index contributed by atoms with van der Waals surface area (Å²) in [6, 6.07) is 17.9. The van der Waals surface area contributed by atoms with E-state index in [2.05, 4.69) is 0 Å². The molecule has 0 saturated carbocycles. The maximum Gasteiger partial charge on any atom is 0.419 e. The zero-order chi connectivity index (χ0) is 25.9. The number of carbonyl (C=O) groups is 2. The van der Waals surface area contributed by atoms with Gasteiger partial charge in [0.2, 0.25) is 0 Å². The first-order valence-electron chi connectivity index (χ1n) is 11.9. The highest BCUT2D eigenvalue weighted by Crippen LogP contribution is 2.38.